The molecule has 1 aromatic carbocycles. The van der Waals surface area contributed by atoms with Crippen LogP contribution in [0.25, 0.3) is 0 Å². The largest absolute Gasteiger partial charge is 0.490 e. The van der Waals surface area contributed by atoms with Gasteiger partial charge in [0, 0.05) is 11.8 Å². The predicted octanol–water partition coefficient (Wildman–Crippen LogP) is 4.73. The highest BCUT2D eigenvalue weighted by Crippen LogP contribution is 2.34. The fourth-order valence-electron chi connectivity index (χ4n) is 2.38. The molecule has 1 aliphatic heterocycles. The number of hydrogen-bond donors (Lipinski definition) is 0. The maximum atomic E-state index is 6.42. The molecule has 0 N–H and O–H groups in total. The van der Waals surface area contributed by atoms with E-state index in [1.807, 2.05) is 0 Å². The molecule has 0 aromatic heterocycles. The third-order valence-electron chi connectivity index (χ3n) is 3.64. The maximum Gasteiger partial charge on any atom is 0.123 e. The number of ether oxygens (including phenoxy) is 1. The van der Waals surface area contributed by atoms with Crippen LogP contribution in [0.2, 0.25) is 0 Å². The van der Waals surface area contributed by atoms with Crippen LogP contribution >= 0.6 is 11.6 Å². The molecule has 0 saturated carbocycles. The van der Waals surface area contributed by atoms with E-state index in [1.165, 1.54) is 11.1 Å². The average molecular weight is 267 g/mol. The Kier molecular flexibility index (Phi) is 3.91. The van der Waals surface area contributed by atoms with Crippen LogP contribution in [0.5, 0.6) is 5.75 Å². The number of alkyl halides is 1. The lowest BCUT2D eigenvalue weighted by molar-refractivity contribution is 0.209. The lowest BCUT2D eigenvalue weighted by atomic mass is 9.88. The maximum absolute atomic E-state index is 6.42. The molecule has 1 nitrogen and oxygen atoms in total. The fourth-order valence-corrected chi connectivity index (χ4v) is 2.50. The first-order valence-electron chi connectivity index (χ1n) is 6.76. The highest BCUT2D eigenvalue weighted by atomic mass is 35.5. The van der Waals surface area contributed by atoms with E-state index >= 15 is 0 Å². The molecule has 1 aliphatic rings. The summed E-state index contributed by atoms with van der Waals surface area (Å²) in [6, 6.07) is 6.44. The number of aryl methyl sites for hydroxylation is 1. The molecule has 2 heteroatoms. The van der Waals surface area contributed by atoms with Crippen molar-refractivity contribution in [2.75, 3.05) is 0 Å². The van der Waals surface area contributed by atoms with Crippen molar-refractivity contribution in [2.24, 2.45) is 5.41 Å². The van der Waals surface area contributed by atoms with Crippen LogP contribution in [-0.2, 0) is 6.42 Å². The summed E-state index contributed by atoms with van der Waals surface area (Å²) in [5.41, 5.74) is 2.83. The molecule has 0 bridgehead atoms. The number of fused-ring (bicyclic) bond motifs is 1. The quantitative estimate of drug-likeness (QED) is 0.719. The molecule has 0 fully saturated rings. The molecule has 100 valence electrons. The molecule has 0 radical (unpaired) electrons. The molecule has 18 heavy (non-hydrogen) atoms. The van der Waals surface area contributed by atoms with Crippen molar-refractivity contribution in [3.05, 3.63) is 29.3 Å². The number of hydrogen-bond acceptors (Lipinski definition) is 1. The van der Waals surface area contributed by atoms with Gasteiger partial charge in [-0.3, -0.25) is 0 Å². The van der Waals surface area contributed by atoms with Gasteiger partial charge in [-0.15, -0.1) is 11.6 Å². The van der Waals surface area contributed by atoms with E-state index in [9.17, 15) is 0 Å². The van der Waals surface area contributed by atoms with Crippen LogP contribution < -0.4 is 4.74 Å². The van der Waals surface area contributed by atoms with E-state index in [4.69, 9.17) is 16.3 Å². The second-order valence-electron chi connectivity index (χ2n) is 6.47. The Balaban J connectivity index is 1.89. The van der Waals surface area contributed by atoms with Gasteiger partial charge in [0.25, 0.3) is 0 Å². The van der Waals surface area contributed by atoms with E-state index in [-0.39, 0.29) is 10.8 Å². The van der Waals surface area contributed by atoms with Crippen LogP contribution in [0.4, 0.5) is 0 Å². The molecule has 0 amide bonds. The average Bonchev–Trinajstić information content (AvgIpc) is 2.66. The van der Waals surface area contributed by atoms with Crippen LogP contribution in [0.15, 0.2) is 18.2 Å². The van der Waals surface area contributed by atoms with Crippen molar-refractivity contribution < 1.29 is 4.74 Å². The van der Waals surface area contributed by atoms with E-state index < -0.39 is 0 Å². The molecule has 0 spiro atoms. The van der Waals surface area contributed by atoms with Crippen LogP contribution in [0.1, 0.15) is 44.7 Å². The number of benzene rings is 1. The summed E-state index contributed by atoms with van der Waals surface area (Å²) in [6.07, 6.45) is 3.40. The zero-order valence-corrected chi connectivity index (χ0v) is 12.6. The van der Waals surface area contributed by atoms with Crippen molar-refractivity contribution in [2.45, 2.75) is 58.4 Å². The summed E-state index contributed by atoms with van der Waals surface area (Å²) >= 11 is 6.42. The van der Waals surface area contributed by atoms with Gasteiger partial charge >= 0.3 is 0 Å². The minimum absolute atomic E-state index is 0.170. The van der Waals surface area contributed by atoms with Gasteiger partial charge in [0.2, 0.25) is 0 Å². The van der Waals surface area contributed by atoms with E-state index in [1.54, 1.807) is 0 Å². The van der Waals surface area contributed by atoms with Crippen molar-refractivity contribution in [1.29, 1.82) is 0 Å². The zero-order valence-electron chi connectivity index (χ0n) is 11.8. The van der Waals surface area contributed by atoms with Crippen molar-refractivity contribution in [1.82, 2.24) is 0 Å². The summed E-state index contributed by atoms with van der Waals surface area (Å²) in [5.74, 6) is 1.06. The van der Waals surface area contributed by atoms with Gasteiger partial charge in [0.1, 0.15) is 11.9 Å². The molecular weight excluding hydrogens is 244 g/mol. The normalized spacial score (nSPS) is 20.4. The second kappa shape index (κ2) is 5.13. The predicted molar refractivity (Wildman–Crippen MR) is 77.6 cm³/mol. The minimum atomic E-state index is 0.170. The molecule has 0 saturated heterocycles. The van der Waals surface area contributed by atoms with Gasteiger partial charge in [-0.1, -0.05) is 38.5 Å². The van der Waals surface area contributed by atoms with Crippen molar-refractivity contribution in [3.63, 3.8) is 0 Å². The Hall–Kier alpha value is -0.690. The monoisotopic (exact) mass is 266 g/mol. The van der Waals surface area contributed by atoms with Crippen LogP contribution in [0.3, 0.4) is 0 Å². The zero-order chi connectivity index (χ0) is 13.3. The van der Waals surface area contributed by atoms with Crippen molar-refractivity contribution in [3.8, 4) is 5.75 Å². The molecule has 1 aromatic rings. The SMILES string of the molecule is Cc1ccc2c(c1)CC(CCC(Cl)C(C)(C)C)O2. The van der Waals surface area contributed by atoms with Gasteiger partial charge in [-0.25, -0.2) is 0 Å². The van der Waals surface area contributed by atoms with Gasteiger partial charge in [0.15, 0.2) is 0 Å². The Morgan fingerprint density at radius 2 is 2.11 bits per heavy atom. The van der Waals surface area contributed by atoms with Crippen LogP contribution in [-0.4, -0.2) is 11.5 Å². The second-order valence-corrected chi connectivity index (χ2v) is 6.99. The lowest BCUT2D eigenvalue weighted by Crippen LogP contribution is -2.23. The lowest BCUT2D eigenvalue weighted by Gasteiger charge is -2.25. The first-order valence-corrected chi connectivity index (χ1v) is 7.20. The Morgan fingerprint density at radius 1 is 1.39 bits per heavy atom. The standard InChI is InChI=1S/C16H23ClO/c1-11-5-7-14-12(9-11)10-13(18-14)6-8-15(17)16(2,3)4/h5,7,9,13,15H,6,8,10H2,1-4H3. The Morgan fingerprint density at radius 3 is 2.78 bits per heavy atom. The molecule has 2 atom stereocenters. The van der Waals surface area contributed by atoms with Gasteiger partial charge in [-0.05, 0) is 36.8 Å². The summed E-state index contributed by atoms with van der Waals surface area (Å²) in [6.45, 7) is 8.71. The van der Waals surface area contributed by atoms with Gasteiger partial charge < -0.3 is 4.74 Å². The summed E-state index contributed by atoms with van der Waals surface area (Å²) in [5, 5.41) is 0.214. The minimum Gasteiger partial charge on any atom is -0.490 e. The van der Waals surface area contributed by atoms with Crippen LogP contribution in [0, 0.1) is 12.3 Å². The third kappa shape index (κ3) is 3.20. The molecular formula is C16H23ClO. The highest BCUT2D eigenvalue weighted by molar-refractivity contribution is 6.21. The Labute approximate surface area is 115 Å². The molecule has 2 rings (SSSR count). The highest BCUT2D eigenvalue weighted by Gasteiger charge is 2.27. The third-order valence-corrected chi connectivity index (χ3v) is 4.51. The first-order chi connectivity index (χ1) is 8.36. The topological polar surface area (TPSA) is 9.23 Å². The Bertz CT molecular complexity index is 420. The summed E-state index contributed by atoms with van der Waals surface area (Å²) in [7, 11) is 0. The number of rotatable bonds is 3. The molecule has 1 heterocycles. The number of halogens is 1. The van der Waals surface area contributed by atoms with E-state index in [2.05, 4.69) is 45.9 Å². The molecule has 0 aliphatic carbocycles. The van der Waals surface area contributed by atoms with Gasteiger partial charge in [0.05, 0.1) is 0 Å². The van der Waals surface area contributed by atoms with E-state index in [0.29, 0.717) is 6.10 Å². The van der Waals surface area contributed by atoms with Crippen molar-refractivity contribution >= 4 is 11.6 Å². The fraction of sp³-hybridized carbons (Fsp3) is 0.625. The summed E-state index contributed by atoms with van der Waals surface area (Å²) in [4.78, 5) is 0. The smallest absolute Gasteiger partial charge is 0.123 e. The molecule has 2 unspecified atom stereocenters. The first kappa shape index (κ1) is 13.7. The van der Waals surface area contributed by atoms with E-state index in [0.717, 1.165) is 25.0 Å². The van der Waals surface area contributed by atoms with Gasteiger partial charge in [-0.2, -0.15) is 0 Å². The summed E-state index contributed by atoms with van der Waals surface area (Å²) < 4.78 is 5.97.